The number of halogens is 1. The number of nitrogen functional groups attached to an aromatic ring is 1. The number of hydrogen-bond donors (Lipinski definition) is 2. The van der Waals surface area contributed by atoms with E-state index in [1.807, 2.05) is 17.5 Å². The summed E-state index contributed by atoms with van der Waals surface area (Å²) in [6.45, 7) is 2.93. The van der Waals surface area contributed by atoms with E-state index in [1.54, 1.807) is 0 Å². The maximum atomic E-state index is 12.1. The molecule has 0 unspecified atom stereocenters. The monoisotopic (exact) mass is 378 g/mol. The number of likely N-dealkylation sites (tertiary alicyclic amines) is 1. The molecule has 0 bridgehead atoms. The Morgan fingerprint density at radius 2 is 2.04 bits per heavy atom. The molecule has 1 saturated heterocycles. The van der Waals surface area contributed by atoms with Crippen molar-refractivity contribution in [2.75, 3.05) is 18.8 Å². The van der Waals surface area contributed by atoms with Gasteiger partial charge in [0.2, 0.25) is 5.91 Å². The summed E-state index contributed by atoms with van der Waals surface area (Å²) in [6.07, 6.45) is 3.09. The number of carbonyl (C=O) groups is 1. The fraction of sp³-hybridized carbons (Fsp3) is 0.444. The molecule has 1 aromatic carbocycles. The predicted molar refractivity (Wildman–Crippen MR) is 103 cm³/mol. The van der Waals surface area contributed by atoms with Gasteiger partial charge in [-0.3, -0.25) is 9.69 Å². The van der Waals surface area contributed by atoms with E-state index in [-0.39, 0.29) is 11.9 Å². The van der Waals surface area contributed by atoms with Gasteiger partial charge in [-0.2, -0.15) is 0 Å². The molecule has 2 aromatic rings. The first-order valence-electron chi connectivity index (χ1n) is 8.54. The molecule has 0 radical (unpaired) electrons. The Bertz CT molecular complexity index is 695. The molecule has 2 heterocycles. The van der Waals surface area contributed by atoms with Crippen molar-refractivity contribution in [2.45, 2.75) is 38.3 Å². The first-order chi connectivity index (χ1) is 12.1. The number of hydrogen-bond acceptors (Lipinski definition) is 5. The largest absolute Gasteiger partial charge is 0.375 e. The van der Waals surface area contributed by atoms with Crippen molar-refractivity contribution in [2.24, 2.45) is 0 Å². The number of amides is 1. The maximum absolute atomic E-state index is 12.1. The quantitative estimate of drug-likeness (QED) is 0.810. The van der Waals surface area contributed by atoms with Crippen LogP contribution in [0.4, 0.5) is 5.13 Å². The summed E-state index contributed by atoms with van der Waals surface area (Å²) >= 11 is 7.34. The number of benzene rings is 1. The Kier molecular flexibility index (Phi) is 6.29. The molecule has 25 heavy (non-hydrogen) atoms. The lowest BCUT2D eigenvalue weighted by atomic mass is 10.0. The van der Waals surface area contributed by atoms with Crippen LogP contribution in [0, 0.1) is 0 Å². The highest BCUT2D eigenvalue weighted by atomic mass is 35.5. The normalized spacial score (nSPS) is 16.0. The van der Waals surface area contributed by atoms with Crippen LogP contribution in [0.25, 0.3) is 0 Å². The number of thiazole rings is 1. The van der Waals surface area contributed by atoms with Gasteiger partial charge < -0.3 is 11.1 Å². The van der Waals surface area contributed by atoms with Gasteiger partial charge in [-0.25, -0.2) is 4.98 Å². The van der Waals surface area contributed by atoms with E-state index in [1.165, 1.54) is 16.9 Å². The van der Waals surface area contributed by atoms with Gasteiger partial charge in [0.1, 0.15) is 0 Å². The molecule has 0 saturated carbocycles. The van der Waals surface area contributed by atoms with Crippen molar-refractivity contribution in [1.82, 2.24) is 15.2 Å². The van der Waals surface area contributed by atoms with Crippen LogP contribution in [0.5, 0.6) is 0 Å². The molecule has 7 heteroatoms. The predicted octanol–water partition coefficient (Wildman–Crippen LogP) is 3.09. The van der Waals surface area contributed by atoms with E-state index in [0.29, 0.717) is 18.0 Å². The fourth-order valence-electron chi connectivity index (χ4n) is 3.06. The average Bonchev–Trinajstić information content (AvgIpc) is 3.02. The smallest absolute Gasteiger partial charge is 0.220 e. The van der Waals surface area contributed by atoms with Crippen molar-refractivity contribution >= 4 is 34.0 Å². The van der Waals surface area contributed by atoms with Crippen LogP contribution >= 0.6 is 22.9 Å². The van der Waals surface area contributed by atoms with E-state index in [2.05, 4.69) is 27.3 Å². The number of nitrogens with one attached hydrogen (secondary N) is 1. The van der Waals surface area contributed by atoms with Gasteiger partial charge in [0.25, 0.3) is 0 Å². The number of aryl methyl sites for hydroxylation is 1. The van der Waals surface area contributed by atoms with E-state index < -0.39 is 0 Å². The highest BCUT2D eigenvalue weighted by Gasteiger charge is 2.20. The zero-order chi connectivity index (χ0) is 17.6. The van der Waals surface area contributed by atoms with Gasteiger partial charge in [-0.1, -0.05) is 23.7 Å². The van der Waals surface area contributed by atoms with Crippen LogP contribution in [0.1, 0.15) is 30.5 Å². The van der Waals surface area contributed by atoms with Gasteiger partial charge in [-0.05, 0) is 37.0 Å². The molecule has 1 aliphatic heterocycles. The Balaban J connectivity index is 1.37. The molecule has 1 aromatic heterocycles. The summed E-state index contributed by atoms with van der Waals surface area (Å²) in [5, 5.41) is 6.39. The first kappa shape index (κ1) is 18.2. The molecule has 3 N–H and O–H groups in total. The second-order valence-corrected chi connectivity index (χ2v) is 7.75. The van der Waals surface area contributed by atoms with Crippen molar-refractivity contribution in [1.29, 1.82) is 0 Å². The molecule has 1 fully saturated rings. The highest BCUT2D eigenvalue weighted by Crippen LogP contribution is 2.16. The Hall–Kier alpha value is -1.63. The molecule has 1 aliphatic rings. The fourth-order valence-corrected chi connectivity index (χ4v) is 3.79. The summed E-state index contributed by atoms with van der Waals surface area (Å²) in [5.41, 5.74) is 7.78. The zero-order valence-corrected chi connectivity index (χ0v) is 15.7. The molecule has 0 atom stereocenters. The molecular weight excluding hydrogens is 356 g/mol. The third-order valence-corrected chi connectivity index (χ3v) is 5.42. The summed E-state index contributed by atoms with van der Waals surface area (Å²) in [6, 6.07) is 8.28. The number of anilines is 1. The minimum Gasteiger partial charge on any atom is -0.375 e. The maximum Gasteiger partial charge on any atom is 0.220 e. The molecule has 5 nitrogen and oxygen atoms in total. The van der Waals surface area contributed by atoms with Gasteiger partial charge in [0.15, 0.2) is 5.13 Å². The first-order valence-corrected chi connectivity index (χ1v) is 9.80. The van der Waals surface area contributed by atoms with Crippen molar-refractivity contribution in [3.63, 3.8) is 0 Å². The van der Waals surface area contributed by atoms with E-state index in [4.69, 9.17) is 17.3 Å². The summed E-state index contributed by atoms with van der Waals surface area (Å²) < 4.78 is 0. The second-order valence-electron chi connectivity index (χ2n) is 6.42. The lowest BCUT2D eigenvalue weighted by Gasteiger charge is -2.32. The highest BCUT2D eigenvalue weighted by molar-refractivity contribution is 7.13. The summed E-state index contributed by atoms with van der Waals surface area (Å²) in [4.78, 5) is 18.7. The van der Waals surface area contributed by atoms with Crippen LogP contribution in [0.2, 0.25) is 5.02 Å². The number of nitrogens with zero attached hydrogens (tertiary/aromatic N) is 2. The average molecular weight is 379 g/mol. The van der Waals surface area contributed by atoms with Crippen LogP contribution in [0.3, 0.4) is 0 Å². The molecule has 0 aliphatic carbocycles. The summed E-state index contributed by atoms with van der Waals surface area (Å²) in [5.74, 6) is 0.0997. The zero-order valence-electron chi connectivity index (χ0n) is 14.1. The summed E-state index contributed by atoms with van der Waals surface area (Å²) in [7, 11) is 0. The molecular formula is C18H23ClN4OS. The molecule has 3 rings (SSSR count). The lowest BCUT2D eigenvalue weighted by Crippen LogP contribution is -2.44. The van der Waals surface area contributed by atoms with Crippen LogP contribution in [-0.2, 0) is 17.8 Å². The van der Waals surface area contributed by atoms with Crippen LogP contribution < -0.4 is 11.1 Å². The van der Waals surface area contributed by atoms with Gasteiger partial charge >= 0.3 is 0 Å². The van der Waals surface area contributed by atoms with Crippen molar-refractivity contribution in [3.05, 3.63) is 45.9 Å². The number of nitrogens with two attached hydrogens (primary N) is 1. The second kappa shape index (κ2) is 8.65. The topological polar surface area (TPSA) is 71.2 Å². The SMILES string of the molecule is Nc1nc(CCC(=O)NC2CCN(Cc3ccc(Cl)cc3)CC2)cs1. The molecule has 134 valence electrons. The van der Waals surface area contributed by atoms with Crippen molar-refractivity contribution in [3.8, 4) is 0 Å². The molecule has 0 spiro atoms. The third kappa shape index (κ3) is 5.70. The van der Waals surface area contributed by atoms with Crippen LogP contribution in [-0.4, -0.2) is 34.9 Å². The van der Waals surface area contributed by atoms with E-state index in [9.17, 15) is 4.79 Å². The Labute approximate surface area is 157 Å². The number of rotatable bonds is 6. The Morgan fingerprint density at radius 1 is 1.32 bits per heavy atom. The van der Waals surface area contributed by atoms with Crippen molar-refractivity contribution < 1.29 is 4.79 Å². The van der Waals surface area contributed by atoms with Crippen LogP contribution in [0.15, 0.2) is 29.6 Å². The van der Waals surface area contributed by atoms with E-state index in [0.717, 1.165) is 43.2 Å². The van der Waals surface area contributed by atoms with E-state index >= 15 is 0 Å². The van der Waals surface area contributed by atoms with Gasteiger partial charge in [0, 0.05) is 42.5 Å². The third-order valence-electron chi connectivity index (χ3n) is 4.45. The van der Waals surface area contributed by atoms with Gasteiger partial charge in [0.05, 0.1) is 5.69 Å². The number of piperidine rings is 1. The number of carbonyl (C=O) groups excluding carboxylic acids is 1. The Morgan fingerprint density at radius 3 is 2.68 bits per heavy atom. The standard InChI is InChI=1S/C18H23ClN4OS/c19-14-3-1-13(2-4-14)11-23-9-7-15(8-10-23)21-17(24)6-5-16-12-25-18(20)22-16/h1-4,12,15H,5-11H2,(H2,20,22)(H,21,24). The number of aromatic nitrogens is 1. The minimum atomic E-state index is 0.0997. The molecule has 1 amide bonds. The lowest BCUT2D eigenvalue weighted by molar-refractivity contribution is -0.122. The minimum absolute atomic E-state index is 0.0997. The van der Waals surface area contributed by atoms with Gasteiger partial charge in [-0.15, -0.1) is 11.3 Å².